The second kappa shape index (κ2) is 3.52. The van der Waals surface area contributed by atoms with Crippen LogP contribution < -0.4 is 0 Å². The van der Waals surface area contributed by atoms with Crippen molar-refractivity contribution in [2.45, 2.75) is 6.43 Å². The summed E-state index contributed by atoms with van der Waals surface area (Å²) in [6.07, 6.45) is -3.23. The van der Waals surface area contributed by atoms with Crippen LogP contribution in [0.1, 0.15) is 0 Å². The van der Waals surface area contributed by atoms with Gasteiger partial charge in [0, 0.05) is 0 Å². The largest absolute Gasteiger partial charge is 0.298 e. The monoisotopic (exact) mass is 144 g/mol. The van der Waals surface area contributed by atoms with Crippen LogP contribution in [0.3, 0.4) is 0 Å². The number of nitriles is 2. The zero-order chi connectivity index (χ0) is 8.15. The first kappa shape index (κ1) is 8.51. The van der Waals surface area contributed by atoms with Crippen LogP contribution in [0.4, 0.5) is 8.78 Å². The lowest BCUT2D eigenvalue weighted by Gasteiger charge is -1.94. The normalized spacial score (nSPS) is 9.00. The number of nitrogens with zero attached hydrogens (tertiary/aromatic N) is 2. The van der Waals surface area contributed by atoms with Crippen molar-refractivity contribution in [2.24, 2.45) is 5.92 Å². The SMILES string of the molecule is N#CC(C#N)C(=O)C(F)F. The van der Waals surface area contributed by atoms with E-state index >= 15 is 0 Å². The Morgan fingerprint density at radius 2 is 1.70 bits per heavy atom. The van der Waals surface area contributed by atoms with Gasteiger partial charge in [-0.1, -0.05) is 0 Å². The summed E-state index contributed by atoms with van der Waals surface area (Å²) in [6.45, 7) is 0. The molecule has 0 aliphatic heterocycles. The van der Waals surface area contributed by atoms with Crippen LogP contribution >= 0.6 is 0 Å². The molecule has 10 heavy (non-hydrogen) atoms. The number of carbonyl (C=O) groups is 1. The first-order valence-corrected chi connectivity index (χ1v) is 2.24. The maximum Gasteiger partial charge on any atom is 0.298 e. The van der Waals surface area contributed by atoms with E-state index < -0.39 is 18.1 Å². The van der Waals surface area contributed by atoms with Gasteiger partial charge in [-0.15, -0.1) is 0 Å². The van der Waals surface area contributed by atoms with Crippen LogP contribution in [0.15, 0.2) is 0 Å². The predicted molar refractivity (Wildman–Crippen MR) is 25.7 cm³/mol. The zero-order valence-corrected chi connectivity index (χ0v) is 4.71. The first-order chi connectivity index (χ1) is 4.63. The molecule has 52 valence electrons. The average Bonchev–Trinajstić information content (AvgIpc) is 1.90. The highest BCUT2D eigenvalue weighted by Gasteiger charge is 2.25. The summed E-state index contributed by atoms with van der Waals surface area (Å²) in [6, 6.07) is 2.28. The molecule has 0 spiro atoms. The van der Waals surface area contributed by atoms with Crippen molar-refractivity contribution < 1.29 is 13.6 Å². The molecule has 0 aromatic heterocycles. The van der Waals surface area contributed by atoms with Crippen molar-refractivity contribution in [2.75, 3.05) is 0 Å². The molecular formula is C5H2F2N2O. The van der Waals surface area contributed by atoms with Crippen molar-refractivity contribution in [3.8, 4) is 12.1 Å². The van der Waals surface area contributed by atoms with E-state index in [0.29, 0.717) is 0 Å². The number of ketones is 1. The lowest BCUT2D eigenvalue weighted by atomic mass is 10.1. The molecule has 0 aromatic rings. The van der Waals surface area contributed by atoms with Crippen LogP contribution in [-0.4, -0.2) is 12.2 Å². The summed E-state index contributed by atoms with van der Waals surface area (Å²) >= 11 is 0. The third kappa shape index (κ3) is 1.79. The van der Waals surface area contributed by atoms with Crippen LogP contribution in [0, 0.1) is 28.6 Å². The van der Waals surface area contributed by atoms with E-state index in [-0.39, 0.29) is 0 Å². The van der Waals surface area contributed by atoms with Gasteiger partial charge in [0.1, 0.15) is 0 Å². The molecule has 0 heterocycles. The van der Waals surface area contributed by atoms with E-state index in [1.807, 2.05) is 0 Å². The van der Waals surface area contributed by atoms with Crippen LogP contribution in [0.2, 0.25) is 0 Å². The molecule has 0 atom stereocenters. The van der Waals surface area contributed by atoms with Crippen LogP contribution in [0.25, 0.3) is 0 Å². The zero-order valence-electron chi connectivity index (χ0n) is 4.71. The fraction of sp³-hybridized carbons (Fsp3) is 0.400. The second-order valence-electron chi connectivity index (χ2n) is 1.39. The fourth-order valence-electron chi connectivity index (χ4n) is 0.282. The maximum atomic E-state index is 11.4. The van der Waals surface area contributed by atoms with E-state index in [1.54, 1.807) is 0 Å². The van der Waals surface area contributed by atoms with Gasteiger partial charge in [-0.2, -0.15) is 10.5 Å². The number of hydrogen-bond acceptors (Lipinski definition) is 3. The molecule has 0 saturated heterocycles. The van der Waals surface area contributed by atoms with Crippen molar-refractivity contribution >= 4 is 5.78 Å². The van der Waals surface area contributed by atoms with Gasteiger partial charge in [0.05, 0.1) is 12.1 Å². The topological polar surface area (TPSA) is 64.7 Å². The standard InChI is InChI=1S/C5H2F2N2O/c6-5(7)4(10)3(1-8)2-9/h3,5H. The minimum absolute atomic E-state index is 1.14. The Hall–Kier alpha value is -1.49. The highest BCUT2D eigenvalue weighted by Crippen LogP contribution is 2.03. The van der Waals surface area contributed by atoms with Crippen molar-refractivity contribution in [1.29, 1.82) is 10.5 Å². The molecule has 0 radical (unpaired) electrons. The Balaban J connectivity index is 4.24. The summed E-state index contributed by atoms with van der Waals surface area (Å²) in [7, 11) is 0. The fourth-order valence-corrected chi connectivity index (χ4v) is 0.282. The molecule has 0 bridgehead atoms. The van der Waals surface area contributed by atoms with Gasteiger partial charge in [0.15, 0.2) is 5.92 Å². The van der Waals surface area contributed by atoms with Gasteiger partial charge in [0.25, 0.3) is 6.43 Å². The molecule has 0 saturated carbocycles. The second-order valence-corrected chi connectivity index (χ2v) is 1.39. The number of hydrogen-bond donors (Lipinski definition) is 0. The minimum atomic E-state index is -3.23. The Kier molecular flexibility index (Phi) is 2.99. The van der Waals surface area contributed by atoms with E-state index in [9.17, 15) is 13.6 Å². The molecule has 0 N–H and O–H groups in total. The Morgan fingerprint density at radius 1 is 1.30 bits per heavy atom. The Morgan fingerprint density at radius 3 is 1.80 bits per heavy atom. The number of carbonyl (C=O) groups excluding carboxylic acids is 1. The van der Waals surface area contributed by atoms with Gasteiger partial charge in [0.2, 0.25) is 5.78 Å². The summed E-state index contributed by atoms with van der Waals surface area (Å²) in [4.78, 5) is 10.1. The third-order valence-corrected chi connectivity index (χ3v) is 0.758. The molecule has 0 aromatic carbocycles. The maximum absolute atomic E-state index is 11.4. The van der Waals surface area contributed by atoms with Gasteiger partial charge < -0.3 is 0 Å². The molecule has 0 aliphatic carbocycles. The number of Topliss-reactive ketones (excluding diaryl/α,β-unsaturated/α-hetero) is 1. The number of halogens is 2. The molecular weight excluding hydrogens is 142 g/mol. The van der Waals surface area contributed by atoms with Gasteiger partial charge in [-0.25, -0.2) is 8.78 Å². The summed E-state index contributed by atoms with van der Waals surface area (Å²) in [5.74, 6) is -3.47. The summed E-state index contributed by atoms with van der Waals surface area (Å²) in [5.41, 5.74) is 0. The Bertz CT molecular complexity index is 199. The van der Waals surface area contributed by atoms with Crippen molar-refractivity contribution in [1.82, 2.24) is 0 Å². The summed E-state index contributed by atoms with van der Waals surface area (Å²) < 4.78 is 22.8. The molecule has 0 fully saturated rings. The highest BCUT2D eigenvalue weighted by molar-refractivity contribution is 5.88. The average molecular weight is 144 g/mol. The van der Waals surface area contributed by atoms with Gasteiger partial charge in [-0.3, -0.25) is 4.79 Å². The number of alkyl halides is 2. The molecule has 5 heteroatoms. The van der Waals surface area contributed by atoms with Gasteiger partial charge in [-0.05, 0) is 0 Å². The van der Waals surface area contributed by atoms with E-state index in [0.717, 1.165) is 12.1 Å². The molecule has 0 unspecified atom stereocenters. The van der Waals surface area contributed by atoms with Crippen molar-refractivity contribution in [3.05, 3.63) is 0 Å². The van der Waals surface area contributed by atoms with Crippen LogP contribution in [-0.2, 0) is 4.79 Å². The predicted octanol–water partition coefficient (Wildman–Crippen LogP) is 0.484. The van der Waals surface area contributed by atoms with Crippen molar-refractivity contribution in [3.63, 3.8) is 0 Å². The summed E-state index contributed by atoms with van der Waals surface area (Å²) in [5, 5.41) is 15.8. The van der Waals surface area contributed by atoms with E-state index in [4.69, 9.17) is 10.5 Å². The highest BCUT2D eigenvalue weighted by atomic mass is 19.3. The third-order valence-electron chi connectivity index (χ3n) is 0.758. The minimum Gasteiger partial charge on any atom is -0.291 e. The number of rotatable bonds is 2. The van der Waals surface area contributed by atoms with E-state index in [1.165, 1.54) is 0 Å². The molecule has 0 aliphatic rings. The lowest BCUT2D eigenvalue weighted by Crippen LogP contribution is -2.18. The lowest BCUT2D eigenvalue weighted by molar-refractivity contribution is -0.130. The molecule has 3 nitrogen and oxygen atoms in total. The first-order valence-electron chi connectivity index (χ1n) is 2.24. The molecule has 0 amide bonds. The van der Waals surface area contributed by atoms with Crippen LogP contribution in [0.5, 0.6) is 0 Å². The van der Waals surface area contributed by atoms with E-state index in [2.05, 4.69) is 0 Å². The van der Waals surface area contributed by atoms with Gasteiger partial charge >= 0.3 is 0 Å². The Labute approximate surface area is 55.5 Å². The smallest absolute Gasteiger partial charge is 0.291 e. The molecule has 0 rings (SSSR count). The quantitative estimate of drug-likeness (QED) is 0.566.